The lowest BCUT2D eigenvalue weighted by Gasteiger charge is -2.39. The first kappa shape index (κ1) is 13.2. The lowest BCUT2D eigenvalue weighted by molar-refractivity contribution is -0.120. The molecule has 1 heterocycles. The van der Waals surface area contributed by atoms with Crippen molar-refractivity contribution in [3.8, 4) is 0 Å². The van der Waals surface area contributed by atoms with E-state index in [1.54, 1.807) is 20.8 Å². The van der Waals surface area contributed by atoms with E-state index in [1.807, 2.05) is 0 Å². The smallest absolute Gasteiger partial charge is 0.407 e. The van der Waals surface area contributed by atoms with Crippen LogP contribution in [0.15, 0.2) is 0 Å². The first-order chi connectivity index (χ1) is 7.15. The van der Waals surface area contributed by atoms with E-state index < -0.39 is 35.9 Å². The number of likely N-dealkylation sites (tertiary alicyclic amines) is 1. The van der Waals surface area contributed by atoms with Crippen LogP contribution in [-0.2, 0) is 0 Å². The van der Waals surface area contributed by atoms with Crippen molar-refractivity contribution >= 4 is 6.09 Å². The van der Waals surface area contributed by atoms with E-state index in [-0.39, 0.29) is 6.54 Å². The lowest BCUT2D eigenvalue weighted by atomic mass is 9.73. The molecule has 16 heavy (non-hydrogen) atoms. The van der Waals surface area contributed by atoms with E-state index in [9.17, 15) is 15.0 Å². The maximum Gasteiger partial charge on any atom is 0.407 e. The standard InChI is InChI=1S/C10H19NO5/c1-9(2,3)10(16)5-11(8(14)15)6(4-12)7(10)13/h6-7,12-13,16H,4-5H2,1-3H3,(H,14,15)/t6-,7+,10+/m1/s1. The van der Waals surface area contributed by atoms with E-state index in [0.717, 1.165) is 4.90 Å². The van der Waals surface area contributed by atoms with Crippen LogP contribution in [0.4, 0.5) is 4.79 Å². The van der Waals surface area contributed by atoms with Crippen LogP contribution in [-0.4, -0.2) is 62.3 Å². The van der Waals surface area contributed by atoms with E-state index in [0.29, 0.717) is 0 Å². The number of carboxylic acid groups (broad SMARTS) is 1. The van der Waals surface area contributed by atoms with Crippen molar-refractivity contribution in [2.24, 2.45) is 5.41 Å². The summed E-state index contributed by atoms with van der Waals surface area (Å²) in [5.74, 6) is 0. The van der Waals surface area contributed by atoms with Gasteiger partial charge in [-0.15, -0.1) is 0 Å². The van der Waals surface area contributed by atoms with Gasteiger partial charge in [-0.25, -0.2) is 4.79 Å². The lowest BCUT2D eigenvalue weighted by Crippen LogP contribution is -2.53. The minimum atomic E-state index is -1.54. The minimum absolute atomic E-state index is 0.196. The fourth-order valence-electron chi connectivity index (χ4n) is 2.05. The Morgan fingerprint density at radius 3 is 2.25 bits per heavy atom. The highest BCUT2D eigenvalue weighted by Gasteiger charge is 2.58. The van der Waals surface area contributed by atoms with E-state index in [2.05, 4.69) is 0 Å². The van der Waals surface area contributed by atoms with Crippen LogP contribution in [0.3, 0.4) is 0 Å². The second-order valence-corrected chi connectivity index (χ2v) is 5.28. The van der Waals surface area contributed by atoms with Crippen molar-refractivity contribution in [2.45, 2.75) is 38.5 Å². The van der Waals surface area contributed by atoms with Crippen molar-refractivity contribution in [3.63, 3.8) is 0 Å². The van der Waals surface area contributed by atoms with Crippen molar-refractivity contribution in [1.29, 1.82) is 0 Å². The molecule has 1 aliphatic heterocycles. The third-order valence-electron chi connectivity index (χ3n) is 3.40. The quantitative estimate of drug-likeness (QED) is 0.488. The maximum absolute atomic E-state index is 10.9. The highest BCUT2D eigenvalue weighted by atomic mass is 16.4. The van der Waals surface area contributed by atoms with Gasteiger partial charge in [0.25, 0.3) is 0 Å². The van der Waals surface area contributed by atoms with Gasteiger partial charge in [0.1, 0.15) is 11.7 Å². The van der Waals surface area contributed by atoms with Crippen molar-refractivity contribution in [3.05, 3.63) is 0 Å². The number of hydrogen-bond donors (Lipinski definition) is 4. The molecule has 3 atom stereocenters. The van der Waals surface area contributed by atoms with Gasteiger partial charge in [-0.1, -0.05) is 20.8 Å². The van der Waals surface area contributed by atoms with Crippen LogP contribution >= 0.6 is 0 Å². The molecule has 4 N–H and O–H groups in total. The zero-order chi connectivity index (χ0) is 12.7. The fraction of sp³-hybridized carbons (Fsp3) is 0.900. The molecule has 0 aromatic carbocycles. The molecule has 1 fully saturated rings. The van der Waals surface area contributed by atoms with E-state index in [4.69, 9.17) is 10.2 Å². The van der Waals surface area contributed by atoms with Crippen molar-refractivity contribution in [2.75, 3.05) is 13.2 Å². The Kier molecular flexibility index (Phi) is 3.20. The molecule has 0 unspecified atom stereocenters. The summed E-state index contributed by atoms with van der Waals surface area (Å²) in [6.07, 6.45) is -2.54. The average Bonchev–Trinajstić information content (AvgIpc) is 2.40. The van der Waals surface area contributed by atoms with Crippen LogP contribution in [0.2, 0.25) is 0 Å². The topological polar surface area (TPSA) is 101 Å². The summed E-state index contributed by atoms with van der Waals surface area (Å²) in [7, 11) is 0. The van der Waals surface area contributed by atoms with Gasteiger partial charge >= 0.3 is 6.09 Å². The molecular formula is C10H19NO5. The number of nitrogens with zero attached hydrogens (tertiary/aromatic N) is 1. The summed E-state index contributed by atoms with van der Waals surface area (Å²) in [5, 5.41) is 38.3. The zero-order valence-corrected chi connectivity index (χ0v) is 9.71. The van der Waals surface area contributed by atoms with Gasteiger partial charge in [0.2, 0.25) is 0 Å². The summed E-state index contributed by atoms with van der Waals surface area (Å²) in [5.41, 5.74) is -2.22. The predicted octanol–water partition coefficient (Wildman–Crippen LogP) is -0.521. The van der Waals surface area contributed by atoms with Gasteiger partial charge in [0, 0.05) is 0 Å². The molecule has 0 aliphatic carbocycles. The summed E-state index contributed by atoms with van der Waals surface area (Å²) in [4.78, 5) is 11.8. The number of carbonyl (C=O) groups is 1. The highest BCUT2D eigenvalue weighted by Crippen LogP contribution is 2.40. The number of aliphatic hydroxyl groups is 3. The van der Waals surface area contributed by atoms with Crippen LogP contribution in [0.25, 0.3) is 0 Å². The second kappa shape index (κ2) is 3.87. The Morgan fingerprint density at radius 1 is 1.50 bits per heavy atom. The molecule has 6 nitrogen and oxygen atoms in total. The van der Waals surface area contributed by atoms with E-state index >= 15 is 0 Å². The summed E-state index contributed by atoms with van der Waals surface area (Å²) < 4.78 is 0. The number of β-amino-alcohol motifs (C(OH)–C–C–N with tert-alkyl or cyclic N) is 1. The van der Waals surface area contributed by atoms with Crippen LogP contribution in [0.1, 0.15) is 20.8 Å². The second-order valence-electron chi connectivity index (χ2n) is 5.28. The summed E-state index contributed by atoms with van der Waals surface area (Å²) in [6.45, 7) is 4.45. The third kappa shape index (κ3) is 1.77. The largest absolute Gasteiger partial charge is 0.465 e. The van der Waals surface area contributed by atoms with Crippen LogP contribution in [0.5, 0.6) is 0 Å². The van der Waals surface area contributed by atoms with Gasteiger partial charge in [-0.05, 0) is 5.41 Å². The number of rotatable bonds is 1. The number of aliphatic hydroxyl groups excluding tert-OH is 2. The molecule has 1 amide bonds. The van der Waals surface area contributed by atoms with Crippen molar-refractivity contribution < 1.29 is 25.2 Å². The Labute approximate surface area is 94.1 Å². The molecule has 1 aliphatic rings. The molecule has 0 radical (unpaired) electrons. The van der Waals surface area contributed by atoms with E-state index in [1.165, 1.54) is 0 Å². The van der Waals surface area contributed by atoms with Gasteiger partial charge in [0.05, 0.1) is 19.2 Å². The number of amides is 1. The first-order valence-corrected chi connectivity index (χ1v) is 5.16. The van der Waals surface area contributed by atoms with Gasteiger partial charge in [0.15, 0.2) is 0 Å². The fourth-order valence-corrected chi connectivity index (χ4v) is 2.05. The first-order valence-electron chi connectivity index (χ1n) is 5.16. The van der Waals surface area contributed by atoms with Crippen LogP contribution < -0.4 is 0 Å². The Hall–Kier alpha value is -0.850. The average molecular weight is 233 g/mol. The Bertz CT molecular complexity index is 287. The highest BCUT2D eigenvalue weighted by molar-refractivity contribution is 5.66. The molecule has 0 aromatic rings. The van der Waals surface area contributed by atoms with Gasteiger partial charge in [-0.2, -0.15) is 0 Å². The summed E-state index contributed by atoms with van der Waals surface area (Å²) >= 11 is 0. The molecule has 0 bridgehead atoms. The molecular weight excluding hydrogens is 214 g/mol. The van der Waals surface area contributed by atoms with Crippen LogP contribution in [0, 0.1) is 5.41 Å². The maximum atomic E-state index is 10.9. The molecule has 6 heteroatoms. The van der Waals surface area contributed by atoms with Crippen molar-refractivity contribution in [1.82, 2.24) is 4.90 Å². The Morgan fingerprint density at radius 2 is 2.00 bits per heavy atom. The monoisotopic (exact) mass is 233 g/mol. The zero-order valence-electron chi connectivity index (χ0n) is 9.71. The van der Waals surface area contributed by atoms with Gasteiger partial charge in [-0.3, -0.25) is 4.90 Å². The minimum Gasteiger partial charge on any atom is -0.465 e. The number of hydrogen-bond acceptors (Lipinski definition) is 4. The normalized spacial score (nSPS) is 35.5. The molecule has 0 saturated carbocycles. The molecule has 1 saturated heterocycles. The molecule has 0 aromatic heterocycles. The molecule has 94 valence electrons. The SMILES string of the molecule is CC(C)(C)[C@]1(O)CN(C(=O)O)[C@H](CO)[C@@H]1O. The van der Waals surface area contributed by atoms with Gasteiger partial charge < -0.3 is 20.4 Å². The Balaban J connectivity index is 3.07. The molecule has 1 rings (SSSR count). The third-order valence-corrected chi connectivity index (χ3v) is 3.40. The predicted molar refractivity (Wildman–Crippen MR) is 56.0 cm³/mol. The summed E-state index contributed by atoms with van der Waals surface area (Å²) in [6, 6.07) is -0.971. The molecule has 0 spiro atoms.